The van der Waals surface area contributed by atoms with E-state index in [0.717, 1.165) is 11.9 Å². The van der Waals surface area contributed by atoms with E-state index in [1.54, 1.807) is 0 Å². The molecular weight excluding hydrogens is 276 g/mol. The molecule has 0 N–H and O–H groups in total. The van der Waals surface area contributed by atoms with E-state index in [4.69, 9.17) is 0 Å². The summed E-state index contributed by atoms with van der Waals surface area (Å²) in [6.07, 6.45) is 1.26. The predicted octanol–water partition coefficient (Wildman–Crippen LogP) is 2.59. The summed E-state index contributed by atoms with van der Waals surface area (Å²) in [7, 11) is 0. The number of rotatable bonds is 5. The Hall–Kier alpha value is -0.380. The van der Waals surface area contributed by atoms with Gasteiger partial charge >= 0.3 is 0 Å². The Morgan fingerprint density at radius 3 is 2.24 bits per heavy atom. The van der Waals surface area contributed by atoms with E-state index in [-0.39, 0.29) is 0 Å². The molecule has 0 spiro atoms. The molecule has 0 aromatic heterocycles. The van der Waals surface area contributed by atoms with Crippen molar-refractivity contribution in [2.45, 2.75) is 13.0 Å². The van der Waals surface area contributed by atoms with Crippen LogP contribution in [0.15, 0.2) is 30.3 Å². The smallest absolute Gasteiger partial charge is 0.0234 e. The minimum atomic E-state index is 1.10. The van der Waals surface area contributed by atoms with Crippen LogP contribution in [0.4, 0.5) is 0 Å². The fourth-order valence-electron chi connectivity index (χ4n) is 2.30. The fraction of sp³-hybridized carbons (Fsp3) is 0.571. The molecular formula is C14H21BrN2. The van der Waals surface area contributed by atoms with Crippen LogP contribution in [0.3, 0.4) is 0 Å². The second-order valence-corrected chi connectivity index (χ2v) is 5.44. The second-order valence-electron chi connectivity index (χ2n) is 4.65. The third-order valence-electron chi connectivity index (χ3n) is 3.32. The second kappa shape index (κ2) is 7.14. The molecule has 1 aliphatic heterocycles. The number of hydrogen-bond acceptors (Lipinski definition) is 2. The van der Waals surface area contributed by atoms with Crippen LogP contribution in [-0.4, -0.2) is 47.9 Å². The van der Waals surface area contributed by atoms with Crippen LogP contribution in [0.5, 0.6) is 0 Å². The summed E-state index contributed by atoms with van der Waals surface area (Å²) in [5.74, 6) is 0. The van der Waals surface area contributed by atoms with Gasteiger partial charge in [0.2, 0.25) is 0 Å². The number of alkyl halides is 1. The zero-order valence-corrected chi connectivity index (χ0v) is 11.9. The van der Waals surface area contributed by atoms with Crippen LogP contribution in [0.25, 0.3) is 0 Å². The van der Waals surface area contributed by atoms with E-state index in [9.17, 15) is 0 Å². The molecule has 1 aromatic rings. The van der Waals surface area contributed by atoms with Crippen LogP contribution in [0.2, 0.25) is 0 Å². The normalized spacial score (nSPS) is 18.4. The lowest BCUT2D eigenvalue weighted by Gasteiger charge is -2.34. The Bertz CT molecular complexity index is 307. The number of halogens is 1. The van der Waals surface area contributed by atoms with Crippen molar-refractivity contribution < 1.29 is 0 Å². The third kappa shape index (κ3) is 4.41. The van der Waals surface area contributed by atoms with Crippen molar-refractivity contribution in [3.8, 4) is 0 Å². The lowest BCUT2D eigenvalue weighted by Crippen LogP contribution is -2.46. The average molecular weight is 297 g/mol. The zero-order valence-electron chi connectivity index (χ0n) is 10.3. The molecule has 0 unspecified atom stereocenters. The highest BCUT2D eigenvalue weighted by molar-refractivity contribution is 9.09. The summed E-state index contributed by atoms with van der Waals surface area (Å²) in [6, 6.07) is 10.8. The Kier molecular flexibility index (Phi) is 5.49. The summed E-state index contributed by atoms with van der Waals surface area (Å²) in [4.78, 5) is 5.13. The van der Waals surface area contributed by atoms with Gasteiger partial charge in [0.1, 0.15) is 0 Å². The SMILES string of the molecule is BrCCCN1CCN(Cc2ccccc2)CC1. The first-order valence-electron chi connectivity index (χ1n) is 6.43. The molecule has 1 saturated heterocycles. The molecule has 94 valence electrons. The maximum atomic E-state index is 3.50. The topological polar surface area (TPSA) is 6.48 Å². The number of hydrogen-bond donors (Lipinski definition) is 0. The molecule has 2 rings (SSSR count). The van der Waals surface area contributed by atoms with Gasteiger partial charge in [0, 0.05) is 38.1 Å². The van der Waals surface area contributed by atoms with Crippen molar-refractivity contribution in [2.75, 3.05) is 38.1 Å². The highest BCUT2D eigenvalue weighted by Crippen LogP contribution is 2.08. The Morgan fingerprint density at radius 1 is 0.941 bits per heavy atom. The summed E-state index contributed by atoms with van der Waals surface area (Å²) in [6.45, 7) is 7.20. The molecule has 1 aliphatic rings. The highest BCUT2D eigenvalue weighted by atomic mass is 79.9. The summed E-state index contributed by atoms with van der Waals surface area (Å²) in [5.41, 5.74) is 1.43. The molecule has 0 atom stereocenters. The van der Waals surface area contributed by atoms with E-state index in [1.807, 2.05) is 0 Å². The first kappa shape index (κ1) is 13.1. The first-order valence-corrected chi connectivity index (χ1v) is 7.55. The summed E-state index contributed by atoms with van der Waals surface area (Å²) < 4.78 is 0. The Balaban J connectivity index is 1.72. The van der Waals surface area contributed by atoms with Gasteiger partial charge in [-0.15, -0.1) is 0 Å². The molecule has 1 heterocycles. The van der Waals surface area contributed by atoms with E-state index >= 15 is 0 Å². The van der Waals surface area contributed by atoms with Crippen molar-refractivity contribution in [2.24, 2.45) is 0 Å². The molecule has 0 amide bonds. The standard InChI is InChI=1S/C14H21BrN2/c15-7-4-8-16-9-11-17(12-10-16)13-14-5-2-1-3-6-14/h1-3,5-6H,4,7-13H2. The highest BCUT2D eigenvalue weighted by Gasteiger charge is 2.15. The molecule has 1 fully saturated rings. The van der Waals surface area contributed by atoms with Crippen molar-refractivity contribution >= 4 is 15.9 Å². The predicted molar refractivity (Wildman–Crippen MR) is 76.6 cm³/mol. The molecule has 17 heavy (non-hydrogen) atoms. The largest absolute Gasteiger partial charge is 0.301 e. The van der Waals surface area contributed by atoms with E-state index in [1.165, 1.54) is 44.7 Å². The minimum Gasteiger partial charge on any atom is -0.301 e. The van der Waals surface area contributed by atoms with Crippen LogP contribution in [-0.2, 0) is 6.54 Å². The summed E-state index contributed by atoms with van der Waals surface area (Å²) >= 11 is 3.50. The van der Waals surface area contributed by atoms with Gasteiger partial charge in [-0.1, -0.05) is 46.3 Å². The van der Waals surface area contributed by atoms with Crippen LogP contribution in [0.1, 0.15) is 12.0 Å². The minimum absolute atomic E-state index is 1.10. The average Bonchev–Trinajstić information content (AvgIpc) is 2.39. The van der Waals surface area contributed by atoms with E-state index in [2.05, 4.69) is 56.1 Å². The van der Waals surface area contributed by atoms with Gasteiger partial charge in [0.05, 0.1) is 0 Å². The lowest BCUT2D eigenvalue weighted by molar-refractivity contribution is 0.127. The van der Waals surface area contributed by atoms with Gasteiger partial charge < -0.3 is 4.90 Å². The van der Waals surface area contributed by atoms with Crippen LogP contribution >= 0.6 is 15.9 Å². The monoisotopic (exact) mass is 296 g/mol. The van der Waals surface area contributed by atoms with Gasteiger partial charge in [-0.05, 0) is 18.5 Å². The molecule has 2 nitrogen and oxygen atoms in total. The number of piperazine rings is 1. The van der Waals surface area contributed by atoms with Crippen molar-refractivity contribution in [3.63, 3.8) is 0 Å². The zero-order chi connectivity index (χ0) is 11.9. The van der Waals surface area contributed by atoms with Gasteiger partial charge in [0.25, 0.3) is 0 Å². The van der Waals surface area contributed by atoms with Gasteiger partial charge in [-0.3, -0.25) is 4.90 Å². The maximum absolute atomic E-state index is 3.50. The maximum Gasteiger partial charge on any atom is 0.0234 e. The van der Waals surface area contributed by atoms with Crippen molar-refractivity contribution in [1.29, 1.82) is 0 Å². The van der Waals surface area contributed by atoms with E-state index < -0.39 is 0 Å². The summed E-state index contributed by atoms with van der Waals surface area (Å²) in [5, 5.41) is 1.12. The first-order chi connectivity index (χ1) is 8.38. The van der Waals surface area contributed by atoms with Gasteiger partial charge in [-0.25, -0.2) is 0 Å². The molecule has 0 saturated carbocycles. The van der Waals surface area contributed by atoms with E-state index in [0.29, 0.717) is 0 Å². The number of nitrogens with zero attached hydrogens (tertiary/aromatic N) is 2. The fourth-order valence-corrected chi connectivity index (χ4v) is 2.55. The quantitative estimate of drug-likeness (QED) is 0.771. The Morgan fingerprint density at radius 2 is 1.59 bits per heavy atom. The molecule has 3 heteroatoms. The Labute approximate surface area is 113 Å². The molecule has 0 aliphatic carbocycles. The van der Waals surface area contributed by atoms with Crippen LogP contribution in [0, 0.1) is 0 Å². The third-order valence-corrected chi connectivity index (χ3v) is 3.88. The van der Waals surface area contributed by atoms with Gasteiger partial charge in [-0.2, -0.15) is 0 Å². The molecule has 1 aromatic carbocycles. The van der Waals surface area contributed by atoms with Crippen molar-refractivity contribution in [3.05, 3.63) is 35.9 Å². The van der Waals surface area contributed by atoms with Gasteiger partial charge in [0.15, 0.2) is 0 Å². The molecule has 0 radical (unpaired) electrons. The number of benzene rings is 1. The lowest BCUT2D eigenvalue weighted by atomic mass is 10.2. The van der Waals surface area contributed by atoms with Crippen molar-refractivity contribution in [1.82, 2.24) is 9.80 Å². The molecule has 0 bridgehead atoms. The van der Waals surface area contributed by atoms with Crippen LogP contribution < -0.4 is 0 Å².